The van der Waals surface area contributed by atoms with Crippen LogP contribution in [0.2, 0.25) is 0 Å². The standard InChI is InChI=1S/C6H14O.C4H8O/c1-2-3-4-5-6-7;1-2-3-4-5/h7H,2-6H2,1H3;4H,2-3H2,1H3. The maximum absolute atomic E-state index is 9.40. The molecule has 0 amide bonds. The molecule has 0 heterocycles. The van der Waals surface area contributed by atoms with Gasteiger partial charge in [-0.2, -0.15) is 0 Å². The highest BCUT2D eigenvalue weighted by Crippen LogP contribution is 1.96. The number of aliphatic hydroxyl groups is 1. The van der Waals surface area contributed by atoms with E-state index < -0.39 is 0 Å². The number of aliphatic hydroxyl groups excluding tert-OH is 1. The Morgan fingerprint density at radius 2 is 1.75 bits per heavy atom. The molecule has 1 N–H and O–H groups in total. The predicted molar refractivity (Wildman–Crippen MR) is 52.2 cm³/mol. The summed E-state index contributed by atoms with van der Waals surface area (Å²) in [7, 11) is 0. The van der Waals surface area contributed by atoms with E-state index in [2.05, 4.69) is 6.92 Å². The van der Waals surface area contributed by atoms with Crippen LogP contribution in [0, 0.1) is 0 Å². The number of hydrogen-bond acceptors (Lipinski definition) is 2. The summed E-state index contributed by atoms with van der Waals surface area (Å²) in [6, 6.07) is 0. The van der Waals surface area contributed by atoms with E-state index in [9.17, 15) is 4.79 Å². The summed E-state index contributed by atoms with van der Waals surface area (Å²) in [6.45, 7) is 4.51. The molecule has 0 spiro atoms. The topological polar surface area (TPSA) is 37.3 Å². The summed E-state index contributed by atoms with van der Waals surface area (Å²) in [6.07, 6.45) is 7.30. The number of carbonyl (C=O) groups is 1. The molecule has 0 fully saturated rings. The first-order valence-electron chi connectivity index (χ1n) is 4.87. The molecule has 0 saturated carbocycles. The zero-order valence-electron chi connectivity index (χ0n) is 8.38. The molecular weight excluding hydrogens is 152 g/mol. The van der Waals surface area contributed by atoms with E-state index >= 15 is 0 Å². The highest BCUT2D eigenvalue weighted by molar-refractivity contribution is 5.48. The van der Waals surface area contributed by atoms with Crippen molar-refractivity contribution in [1.82, 2.24) is 0 Å². The number of rotatable bonds is 6. The van der Waals surface area contributed by atoms with Crippen LogP contribution < -0.4 is 0 Å². The highest BCUT2D eigenvalue weighted by atomic mass is 16.2. The molecule has 0 aromatic rings. The molecule has 0 atom stereocenters. The van der Waals surface area contributed by atoms with E-state index in [1.165, 1.54) is 19.3 Å². The minimum Gasteiger partial charge on any atom is -0.396 e. The van der Waals surface area contributed by atoms with E-state index in [4.69, 9.17) is 5.11 Å². The fourth-order valence-electron chi connectivity index (χ4n) is 0.656. The van der Waals surface area contributed by atoms with Gasteiger partial charge in [0.15, 0.2) is 0 Å². The molecule has 0 aliphatic heterocycles. The second-order valence-corrected chi connectivity index (χ2v) is 2.74. The zero-order valence-corrected chi connectivity index (χ0v) is 8.38. The Bertz CT molecular complexity index is 68.2. The van der Waals surface area contributed by atoms with Crippen molar-refractivity contribution < 1.29 is 9.90 Å². The first-order chi connectivity index (χ1) is 5.83. The predicted octanol–water partition coefficient (Wildman–Crippen LogP) is 2.54. The average Bonchev–Trinajstić information content (AvgIpc) is 2.08. The SMILES string of the molecule is CCCC=O.CCCCCCO. The Labute approximate surface area is 76.0 Å². The van der Waals surface area contributed by atoms with Crippen LogP contribution in [0.1, 0.15) is 52.4 Å². The van der Waals surface area contributed by atoms with Crippen LogP contribution in [0.5, 0.6) is 0 Å². The van der Waals surface area contributed by atoms with Crippen LogP contribution >= 0.6 is 0 Å². The molecule has 0 bridgehead atoms. The second kappa shape index (κ2) is 16.9. The largest absolute Gasteiger partial charge is 0.396 e. The van der Waals surface area contributed by atoms with E-state index in [1.807, 2.05) is 6.92 Å². The Hall–Kier alpha value is -0.370. The normalized spacial score (nSPS) is 8.58. The van der Waals surface area contributed by atoms with Gasteiger partial charge < -0.3 is 9.90 Å². The van der Waals surface area contributed by atoms with E-state index in [-0.39, 0.29) is 0 Å². The van der Waals surface area contributed by atoms with Crippen LogP contribution in [0.25, 0.3) is 0 Å². The van der Waals surface area contributed by atoms with Crippen LogP contribution in [-0.2, 0) is 4.79 Å². The monoisotopic (exact) mass is 174 g/mol. The first-order valence-corrected chi connectivity index (χ1v) is 4.87. The van der Waals surface area contributed by atoms with Gasteiger partial charge in [0.1, 0.15) is 6.29 Å². The molecule has 0 unspecified atom stereocenters. The molecular formula is C10H22O2. The van der Waals surface area contributed by atoms with Gasteiger partial charge in [0.2, 0.25) is 0 Å². The first kappa shape index (κ1) is 14.2. The molecule has 2 nitrogen and oxygen atoms in total. The molecule has 0 radical (unpaired) electrons. The van der Waals surface area contributed by atoms with Gasteiger partial charge in [-0.15, -0.1) is 0 Å². The van der Waals surface area contributed by atoms with Gasteiger partial charge >= 0.3 is 0 Å². The highest BCUT2D eigenvalue weighted by Gasteiger charge is 1.80. The summed E-state index contributed by atoms with van der Waals surface area (Å²) >= 11 is 0. The number of unbranched alkanes of at least 4 members (excludes halogenated alkanes) is 4. The molecule has 0 aromatic heterocycles. The molecule has 0 aliphatic rings. The summed E-state index contributed by atoms with van der Waals surface area (Å²) in [5.74, 6) is 0. The lowest BCUT2D eigenvalue weighted by molar-refractivity contribution is -0.107. The van der Waals surface area contributed by atoms with Crippen LogP contribution in [0.4, 0.5) is 0 Å². The van der Waals surface area contributed by atoms with Gasteiger partial charge in [-0.05, 0) is 12.8 Å². The number of aldehydes is 1. The van der Waals surface area contributed by atoms with Gasteiger partial charge in [0.25, 0.3) is 0 Å². The van der Waals surface area contributed by atoms with Crippen molar-refractivity contribution in [3.05, 3.63) is 0 Å². The summed E-state index contributed by atoms with van der Waals surface area (Å²) in [5.41, 5.74) is 0. The quantitative estimate of drug-likeness (QED) is 0.496. The van der Waals surface area contributed by atoms with E-state index in [0.717, 1.165) is 19.1 Å². The Morgan fingerprint density at radius 3 is 2.00 bits per heavy atom. The van der Waals surface area contributed by atoms with Gasteiger partial charge in [-0.25, -0.2) is 0 Å². The molecule has 0 aliphatic carbocycles. The molecule has 0 aromatic carbocycles. The summed E-state index contributed by atoms with van der Waals surface area (Å²) in [5, 5.41) is 8.29. The summed E-state index contributed by atoms with van der Waals surface area (Å²) in [4.78, 5) is 9.40. The Balaban J connectivity index is 0. The Morgan fingerprint density at radius 1 is 1.08 bits per heavy atom. The third-order valence-corrected chi connectivity index (χ3v) is 1.42. The molecule has 12 heavy (non-hydrogen) atoms. The maximum Gasteiger partial charge on any atom is 0.119 e. The lowest BCUT2D eigenvalue weighted by atomic mass is 10.2. The fourth-order valence-corrected chi connectivity index (χ4v) is 0.656. The second-order valence-electron chi connectivity index (χ2n) is 2.74. The van der Waals surface area contributed by atoms with E-state index in [0.29, 0.717) is 13.0 Å². The number of hydrogen-bond donors (Lipinski definition) is 1. The van der Waals surface area contributed by atoms with E-state index in [1.54, 1.807) is 0 Å². The van der Waals surface area contributed by atoms with Crippen molar-refractivity contribution in [2.75, 3.05) is 6.61 Å². The maximum atomic E-state index is 9.40. The molecule has 0 saturated heterocycles. The Kier molecular flexibility index (Phi) is 20.0. The zero-order chi connectivity index (χ0) is 9.66. The van der Waals surface area contributed by atoms with Gasteiger partial charge in [0.05, 0.1) is 0 Å². The lowest BCUT2D eigenvalue weighted by Crippen LogP contribution is -1.80. The fraction of sp³-hybridized carbons (Fsp3) is 0.900. The third-order valence-electron chi connectivity index (χ3n) is 1.42. The van der Waals surface area contributed by atoms with Crippen molar-refractivity contribution >= 4 is 6.29 Å². The summed E-state index contributed by atoms with van der Waals surface area (Å²) < 4.78 is 0. The number of carbonyl (C=O) groups excluding carboxylic acids is 1. The third kappa shape index (κ3) is 22.6. The van der Waals surface area contributed by atoms with Gasteiger partial charge in [-0.1, -0.05) is 33.1 Å². The van der Waals surface area contributed by atoms with Crippen molar-refractivity contribution in [2.45, 2.75) is 52.4 Å². The molecule has 0 rings (SSSR count). The van der Waals surface area contributed by atoms with Crippen LogP contribution in [0.3, 0.4) is 0 Å². The van der Waals surface area contributed by atoms with Crippen molar-refractivity contribution in [3.8, 4) is 0 Å². The average molecular weight is 174 g/mol. The van der Waals surface area contributed by atoms with Crippen molar-refractivity contribution in [3.63, 3.8) is 0 Å². The van der Waals surface area contributed by atoms with Crippen LogP contribution in [0.15, 0.2) is 0 Å². The minimum atomic E-state index is 0.361. The minimum absolute atomic E-state index is 0.361. The van der Waals surface area contributed by atoms with Crippen LogP contribution in [-0.4, -0.2) is 18.0 Å². The van der Waals surface area contributed by atoms with Crippen molar-refractivity contribution in [1.29, 1.82) is 0 Å². The molecule has 2 heteroatoms. The van der Waals surface area contributed by atoms with Gasteiger partial charge in [0, 0.05) is 13.0 Å². The van der Waals surface area contributed by atoms with Crippen molar-refractivity contribution in [2.24, 2.45) is 0 Å². The smallest absolute Gasteiger partial charge is 0.119 e. The lowest BCUT2D eigenvalue weighted by Gasteiger charge is -1.90. The van der Waals surface area contributed by atoms with Gasteiger partial charge in [-0.3, -0.25) is 0 Å². The molecule has 74 valence electrons.